The third-order valence-corrected chi connectivity index (χ3v) is 2.35. The number of rotatable bonds is 5. The summed E-state index contributed by atoms with van der Waals surface area (Å²) in [6.45, 7) is 4.40. The van der Waals surface area contributed by atoms with E-state index >= 15 is 0 Å². The molecule has 3 N–H and O–H groups in total. The summed E-state index contributed by atoms with van der Waals surface area (Å²) in [5.74, 6) is 0. The summed E-state index contributed by atoms with van der Waals surface area (Å²) in [4.78, 5) is 10.4. The van der Waals surface area contributed by atoms with E-state index in [9.17, 15) is 10.1 Å². The van der Waals surface area contributed by atoms with E-state index in [1.54, 1.807) is 6.07 Å². The highest BCUT2D eigenvalue weighted by atomic mass is 16.6. The molecule has 1 rings (SSSR count). The van der Waals surface area contributed by atoms with Crippen LogP contribution in [0.3, 0.4) is 0 Å². The Kier molecular flexibility index (Phi) is 4.25. The second-order valence-corrected chi connectivity index (χ2v) is 3.92. The van der Waals surface area contributed by atoms with Crippen LogP contribution in [0.4, 0.5) is 11.4 Å². The van der Waals surface area contributed by atoms with Crippen molar-refractivity contribution in [3.63, 3.8) is 0 Å². The van der Waals surface area contributed by atoms with Crippen molar-refractivity contribution in [2.45, 2.75) is 26.3 Å². The van der Waals surface area contributed by atoms with Crippen molar-refractivity contribution in [1.82, 2.24) is 0 Å². The van der Waals surface area contributed by atoms with Crippen molar-refractivity contribution in [3.8, 4) is 0 Å². The highest BCUT2D eigenvalue weighted by Crippen LogP contribution is 2.27. The maximum atomic E-state index is 10.8. The Morgan fingerprint density at radius 1 is 1.56 bits per heavy atom. The molecule has 5 nitrogen and oxygen atoms in total. The Labute approximate surface area is 94.8 Å². The zero-order valence-corrected chi connectivity index (χ0v) is 9.56. The van der Waals surface area contributed by atoms with Gasteiger partial charge in [0.15, 0.2) is 0 Å². The van der Waals surface area contributed by atoms with Crippen LogP contribution in [-0.2, 0) is 0 Å². The average Bonchev–Trinajstić information content (AvgIpc) is 2.19. The van der Waals surface area contributed by atoms with Gasteiger partial charge in [-0.1, -0.05) is 12.1 Å². The quantitative estimate of drug-likeness (QED) is 0.591. The van der Waals surface area contributed by atoms with E-state index in [1.807, 2.05) is 19.9 Å². The number of aryl methyl sites for hydroxylation is 1. The summed E-state index contributed by atoms with van der Waals surface area (Å²) in [5, 5.41) is 13.9. The Morgan fingerprint density at radius 2 is 2.25 bits per heavy atom. The molecule has 0 spiro atoms. The molecule has 0 amide bonds. The molecule has 0 heterocycles. The predicted octanol–water partition coefficient (Wildman–Crippen LogP) is 2.05. The van der Waals surface area contributed by atoms with E-state index in [4.69, 9.17) is 5.73 Å². The summed E-state index contributed by atoms with van der Waals surface area (Å²) in [5.41, 5.74) is 7.20. The average molecular weight is 223 g/mol. The van der Waals surface area contributed by atoms with Gasteiger partial charge in [0.1, 0.15) is 5.69 Å². The zero-order valence-electron chi connectivity index (χ0n) is 9.56. The third-order valence-electron chi connectivity index (χ3n) is 2.35. The van der Waals surface area contributed by atoms with Gasteiger partial charge < -0.3 is 11.1 Å². The van der Waals surface area contributed by atoms with E-state index in [2.05, 4.69) is 5.32 Å². The van der Waals surface area contributed by atoms with Gasteiger partial charge >= 0.3 is 0 Å². The molecular weight excluding hydrogens is 206 g/mol. The minimum atomic E-state index is -0.374. The molecule has 1 atom stereocenters. The van der Waals surface area contributed by atoms with Crippen LogP contribution < -0.4 is 11.1 Å². The van der Waals surface area contributed by atoms with Crippen LogP contribution in [0.5, 0.6) is 0 Å². The minimum Gasteiger partial charge on any atom is -0.379 e. The van der Waals surface area contributed by atoms with Gasteiger partial charge in [-0.2, -0.15) is 0 Å². The molecule has 1 unspecified atom stereocenters. The maximum Gasteiger partial charge on any atom is 0.292 e. The van der Waals surface area contributed by atoms with E-state index in [1.165, 1.54) is 6.07 Å². The summed E-state index contributed by atoms with van der Waals surface area (Å²) >= 11 is 0. The number of benzene rings is 1. The fraction of sp³-hybridized carbons (Fsp3) is 0.455. The first-order chi connectivity index (χ1) is 7.52. The standard InChI is InChI=1S/C11H17N3O2/c1-8-4-3-5-10(14(15)16)11(8)13-7-6-9(2)12/h3-5,9,13H,6-7,12H2,1-2H3. The van der Waals surface area contributed by atoms with Crippen LogP contribution in [0.15, 0.2) is 18.2 Å². The SMILES string of the molecule is Cc1cccc([N+](=O)[O-])c1NCCC(C)N. The lowest BCUT2D eigenvalue weighted by Crippen LogP contribution is -2.19. The van der Waals surface area contributed by atoms with Crippen molar-refractivity contribution < 1.29 is 4.92 Å². The van der Waals surface area contributed by atoms with Crippen LogP contribution in [0, 0.1) is 17.0 Å². The van der Waals surface area contributed by atoms with Crippen LogP contribution in [0.1, 0.15) is 18.9 Å². The van der Waals surface area contributed by atoms with Gasteiger partial charge in [0, 0.05) is 18.7 Å². The van der Waals surface area contributed by atoms with Gasteiger partial charge in [0.2, 0.25) is 0 Å². The Bertz CT molecular complexity index is 377. The third kappa shape index (κ3) is 3.20. The van der Waals surface area contributed by atoms with Gasteiger partial charge in [-0.25, -0.2) is 0 Å². The molecule has 0 aromatic heterocycles. The number of nitro groups is 1. The number of hydrogen-bond acceptors (Lipinski definition) is 4. The first-order valence-electron chi connectivity index (χ1n) is 5.26. The Balaban J connectivity index is 2.80. The van der Waals surface area contributed by atoms with Crippen LogP contribution >= 0.6 is 0 Å². The van der Waals surface area contributed by atoms with E-state index in [-0.39, 0.29) is 16.7 Å². The van der Waals surface area contributed by atoms with Crippen molar-refractivity contribution in [2.24, 2.45) is 5.73 Å². The fourth-order valence-corrected chi connectivity index (χ4v) is 1.46. The lowest BCUT2D eigenvalue weighted by molar-refractivity contribution is -0.384. The van der Waals surface area contributed by atoms with Crippen molar-refractivity contribution in [2.75, 3.05) is 11.9 Å². The number of nitrogens with two attached hydrogens (primary N) is 1. The molecule has 0 fully saturated rings. The van der Waals surface area contributed by atoms with Crippen LogP contribution in [-0.4, -0.2) is 17.5 Å². The highest BCUT2D eigenvalue weighted by Gasteiger charge is 2.14. The molecule has 0 saturated carbocycles. The lowest BCUT2D eigenvalue weighted by atomic mass is 10.1. The summed E-state index contributed by atoms with van der Waals surface area (Å²) in [7, 11) is 0. The predicted molar refractivity (Wildman–Crippen MR) is 64.6 cm³/mol. The number of para-hydroxylation sites is 1. The second-order valence-electron chi connectivity index (χ2n) is 3.92. The number of nitrogens with one attached hydrogen (secondary N) is 1. The van der Waals surface area contributed by atoms with Crippen molar-refractivity contribution in [1.29, 1.82) is 0 Å². The lowest BCUT2D eigenvalue weighted by Gasteiger charge is -2.11. The first-order valence-corrected chi connectivity index (χ1v) is 5.26. The molecule has 5 heteroatoms. The summed E-state index contributed by atoms with van der Waals surface area (Å²) in [6.07, 6.45) is 0.783. The largest absolute Gasteiger partial charge is 0.379 e. The van der Waals surface area contributed by atoms with Gasteiger partial charge in [-0.05, 0) is 25.8 Å². The molecule has 0 aliphatic rings. The van der Waals surface area contributed by atoms with Gasteiger partial charge in [0.05, 0.1) is 4.92 Å². The molecule has 0 bridgehead atoms. The summed E-state index contributed by atoms with van der Waals surface area (Å²) < 4.78 is 0. The van der Waals surface area contributed by atoms with Crippen molar-refractivity contribution >= 4 is 11.4 Å². The van der Waals surface area contributed by atoms with Crippen molar-refractivity contribution in [3.05, 3.63) is 33.9 Å². The number of nitrogens with zero attached hydrogens (tertiary/aromatic N) is 1. The van der Waals surface area contributed by atoms with E-state index < -0.39 is 0 Å². The molecule has 16 heavy (non-hydrogen) atoms. The normalized spacial score (nSPS) is 12.2. The number of hydrogen-bond donors (Lipinski definition) is 2. The molecule has 0 radical (unpaired) electrons. The summed E-state index contributed by atoms with van der Waals surface area (Å²) in [6, 6.07) is 5.13. The zero-order chi connectivity index (χ0) is 12.1. The first kappa shape index (κ1) is 12.4. The Hall–Kier alpha value is -1.62. The molecule has 88 valence electrons. The molecule has 0 aliphatic carbocycles. The molecule has 0 aliphatic heterocycles. The van der Waals surface area contributed by atoms with Gasteiger partial charge in [-0.15, -0.1) is 0 Å². The minimum absolute atomic E-state index is 0.0931. The second kappa shape index (κ2) is 5.46. The van der Waals surface area contributed by atoms with Crippen LogP contribution in [0.25, 0.3) is 0 Å². The number of nitro benzene ring substituents is 1. The van der Waals surface area contributed by atoms with Gasteiger partial charge in [0.25, 0.3) is 5.69 Å². The molecule has 1 aromatic rings. The molecular formula is C11H17N3O2. The monoisotopic (exact) mass is 223 g/mol. The molecule has 1 aromatic carbocycles. The highest BCUT2D eigenvalue weighted by molar-refractivity contribution is 5.65. The fourth-order valence-electron chi connectivity index (χ4n) is 1.46. The maximum absolute atomic E-state index is 10.8. The van der Waals surface area contributed by atoms with Crippen LogP contribution in [0.2, 0.25) is 0 Å². The molecule has 0 saturated heterocycles. The van der Waals surface area contributed by atoms with E-state index in [0.717, 1.165) is 12.0 Å². The Morgan fingerprint density at radius 3 is 2.81 bits per heavy atom. The van der Waals surface area contributed by atoms with E-state index in [0.29, 0.717) is 12.2 Å². The smallest absolute Gasteiger partial charge is 0.292 e. The number of anilines is 1. The topological polar surface area (TPSA) is 81.2 Å². The van der Waals surface area contributed by atoms with Gasteiger partial charge in [-0.3, -0.25) is 10.1 Å².